The Kier molecular flexibility index (Phi) is 5.02. The van der Waals surface area contributed by atoms with Gasteiger partial charge in [0.2, 0.25) is 0 Å². The van der Waals surface area contributed by atoms with Crippen LogP contribution < -0.4 is 5.73 Å². The summed E-state index contributed by atoms with van der Waals surface area (Å²) >= 11 is 0. The molecular weight excluding hydrogens is 222 g/mol. The van der Waals surface area contributed by atoms with Gasteiger partial charge in [0.1, 0.15) is 0 Å². The van der Waals surface area contributed by atoms with Crippen LogP contribution in [0.5, 0.6) is 0 Å². The van der Waals surface area contributed by atoms with Gasteiger partial charge in [-0.05, 0) is 51.6 Å². The molecule has 17 heavy (non-hydrogen) atoms. The SMILES string of the molecule is CC(N)CCC(c1ccc(F)c(F)c1)N(C)C. The number of halogens is 2. The molecule has 0 aliphatic rings. The van der Waals surface area contributed by atoms with Crippen LogP contribution in [-0.2, 0) is 0 Å². The van der Waals surface area contributed by atoms with Crippen LogP contribution in [0.3, 0.4) is 0 Å². The average Bonchev–Trinajstić information content (AvgIpc) is 2.22. The predicted octanol–water partition coefficient (Wildman–Crippen LogP) is 2.69. The van der Waals surface area contributed by atoms with Gasteiger partial charge in [0, 0.05) is 12.1 Å². The van der Waals surface area contributed by atoms with Crippen LogP contribution in [0.15, 0.2) is 18.2 Å². The fourth-order valence-corrected chi connectivity index (χ4v) is 1.86. The van der Waals surface area contributed by atoms with Crippen molar-refractivity contribution < 1.29 is 8.78 Å². The van der Waals surface area contributed by atoms with E-state index in [0.29, 0.717) is 0 Å². The molecule has 0 aliphatic heterocycles. The van der Waals surface area contributed by atoms with Gasteiger partial charge in [0.25, 0.3) is 0 Å². The Bertz CT molecular complexity index is 364. The first-order valence-electron chi connectivity index (χ1n) is 5.78. The first-order chi connectivity index (χ1) is 7.91. The summed E-state index contributed by atoms with van der Waals surface area (Å²) in [7, 11) is 3.85. The zero-order valence-corrected chi connectivity index (χ0v) is 10.6. The first kappa shape index (κ1) is 14.1. The van der Waals surface area contributed by atoms with Crippen molar-refractivity contribution in [2.45, 2.75) is 31.8 Å². The molecule has 0 saturated heterocycles. The average molecular weight is 242 g/mol. The highest BCUT2D eigenvalue weighted by atomic mass is 19.2. The lowest BCUT2D eigenvalue weighted by atomic mass is 9.99. The molecule has 1 aromatic carbocycles. The van der Waals surface area contributed by atoms with Crippen molar-refractivity contribution in [1.82, 2.24) is 4.90 Å². The highest BCUT2D eigenvalue weighted by Gasteiger charge is 2.16. The fourth-order valence-electron chi connectivity index (χ4n) is 1.86. The van der Waals surface area contributed by atoms with Crippen molar-refractivity contribution in [3.05, 3.63) is 35.4 Å². The minimum Gasteiger partial charge on any atom is -0.328 e. The monoisotopic (exact) mass is 242 g/mol. The number of nitrogens with two attached hydrogens (primary N) is 1. The molecule has 0 radical (unpaired) electrons. The van der Waals surface area contributed by atoms with Gasteiger partial charge < -0.3 is 10.6 Å². The summed E-state index contributed by atoms with van der Waals surface area (Å²) in [6, 6.07) is 4.25. The molecule has 0 spiro atoms. The standard InChI is InChI=1S/C13H20F2N2/c1-9(16)4-7-13(17(2)3)10-5-6-11(14)12(15)8-10/h5-6,8-9,13H,4,7,16H2,1-3H3. The smallest absolute Gasteiger partial charge is 0.159 e. The van der Waals surface area contributed by atoms with Gasteiger partial charge in [-0.1, -0.05) is 6.07 Å². The number of hydrogen-bond acceptors (Lipinski definition) is 2. The van der Waals surface area contributed by atoms with E-state index in [9.17, 15) is 8.78 Å². The van der Waals surface area contributed by atoms with E-state index in [1.807, 2.05) is 25.9 Å². The van der Waals surface area contributed by atoms with E-state index in [1.54, 1.807) is 6.07 Å². The van der Waals surface area contributed by atoms with E-state index < -0.39 is 11.6 Å². The van der Waals surface area contributed by atoms with Gasteiger partial charge in [-0.2, -0.15) is 0 Å². The summed E-state index contributed by atoms with van der Waals surface area (Å²) in [4.78, 5) is 2.00. The number of nitrogens with zero attached hydrogens (tertiary/aromatic N) is 1. The zero-order chi connectivity index (χ0) is 13.0. The molecule has 1 aromatic rings. The van der Waals surface area contributed by atoms with E-state index in [2.05, 4.69) is 0 Å². The second-order valence-corrected chi connectivity index (χ2v) is 4.71. The molecular formula is C13H20F2N2. The molecule has 0 bridgehead atoms. The lowest BCUT2D eigenvalue weighted by molar-refractivity contribution is 0.274. The molecule has 4 heteroatoms. The Labute approximate surface area is 101 Å². The predicted molar refractivity (Wildman–Crippen MR) is 65.7 cm³/mol. The molecule has 96 valence electrons. The third-order valence-electron chi connectivity index (χ3n) is 2.85. The van der Waals surface area contributed by atoms with Gasteiger partial charge in [0.15, 0.2) is 11.6 Å². The van der Waals surface area contributed by atoms with Crippen LogP contribution in [0.2, 0.25) is 0 Å². The van der Waals surface area contributed by atoms with Crippen LogP contribution in [0.4, 0.5) is 8.78 Å². The molecule has 0 fully saturated rings. The zero-order valence-electron chi connectivity index (χ0n) is 10.6. The quantitative estimate of drug-likeness (QED) is 0.860. The molecule has 0 saturated carbocycles. The van der Waals surface area contributed by atoms with E-state index in [0.717, 1.165) is 18.4 Å². The van der Waals surface area contributed by atoms with Crippen LogP contribution in [0.25, 0.3) is 0 Å². The number of hydrogen-bond donors (Lipinski definition) is 1. The third kappa shape index (κ3) is 4.06. The van der Waals surface area contributed by atoms with Gasteiger partial charge >= 0.3 is 0 Å². The van der Waals surface area contributed by atoms with Gasteiger partial charge in [-0.3, -0.25) is 0 Å². The maximum Gasteiger partial charge on any atom is 0.159 e. The summed E-state index contributed by atoms with van der Waals surface area (Å²) < 4.78 is 26.1. The van der Waals surface area contributed by atoms with Gasteiger partial charge in [0.05, 0.1) is 0 Å². The molecule has 0 amide bonds. The van der Waals surface area contributed by atoms with Crippen molar-refractivity contribution in [1.29, 1.82) is 0 Å². The normalized spacial score (nSPS) is 15.0. The van der Waals surface area contributed by atoms with E-state index in [4.69, 9.17) is 5.73 Å². The molecule has 0 aliphatic carbocycles. The minimum atomic E-state index is -0.807. The Balaban J connectivity index is 2.85. The van der Waals surface area contributed by atoms with Crippen molar-refractivity contribution >= 4 is 0 Å². The van der Waals surface area contributed by atoms with Crippen molar-refractivity contribution in [2.24, 2.45) is 5.73 Å². The molecule has 0 aromatic heterocycles. The topological polar surface area (TPSA) is 29.3 Å². The van der Waals surface area contributed by atoms with E-state index >= 15 is 0 Å². The molecule has 0 heterocycles. The van der Waals surface area contributed by atoms with Crippen LogP contribution in [0.1, 0.15) is 31.4 Å². The van der Waals surface area contributed by atoms with Gasteiger partial charge in [-0.15, -0.1) is 0 Å². The largest absolute Gasteiger partial charge is 0.328 e. The van der Waals surface area contributed by atoms with E-state index in [-0.39, 0.29) is 12.1 Å². The maximum absolute atomic E-state index is 13.2. The summed E-state index contributed by atoms with van der Waals surface area (Å²) in [5.74, 6) is -1.60. The van der Waals surface area contributed by atoms with Crippen molar-refractivity contribution in [3.63, 3.8) is 0 Å². The molecule has 1 rings (SSSR count). The summed E-state index contributed by atoms with van der Waals surface area (Å²) in [6.45, 7) is 1.94. The Morgan fingerprint density at radius 2 is 1.82 bits per heavy atom. The van der Waals surface area contributed by atoms with Gasteiger partial charge in [-0.25, -0.2) is 8.78 Å². The number of benzene rings is 1. The van der Waals surface area contributed by atoms with Crippen molar-refractivity contribution in [3.8, 4) is 0 Å². The molecule has 2 unspecified atom stereocenters. The summed E-state index contributed by atoms with van der Waals surface area (Å²) in [5.41, 5.74) is 6.51. The summed E-state index contributed by atoms with van der Waals surface area (Å²) in [5, 5.41) is 0. The maximum atomic E-state index is 13.2. The van der Waals surface area contributed by atoms with Crippen LogP contribution in [-0.4, -0.2) is 25.0 Å². The van der Waals surface area contributed by atoms with Crippen LogP contribution in [0, 0.1) is 11.6 Å². The lowest BCUT2D eigenvalue weighted by Gasteiger charge is -2.25. The highest BCUT2D eigenvalue weighted by Crippen LogP contribution is 2.25. The summed E-state index contributed by atoms with van der Waals surface area (Å²) in [6.07, 6.45) is 1.68. The second kappa shape index (κ2) is 6.07. The number of rotatable bonds is 5. The third-order valence-corrected chi connectivity index (χ3v) is 2.85. The minimum absolute atomic E-state index is 0.0658. The van der Waals surface area contributed by atoms with Crippen LogP contribution >= 0.6 is 0 Å². The second-order valence-electron chi connectivity index (χ2n) is 4.71. The highest BCUT2D eigenvalue weighted by molar-refractivity contribution is 5.21. The fraction of sp³-hybridized carbons (Fsp3) is 0.538. The van der Waals surface area contributed by atoms with E-state index in [1.165, 1.54) is 12.1 Å². The lowest BCUT2D eigenvalue weighted by Crippen LogP contribution is -2.23. The first-order valence-corrected chi connectivity index (χ1v) is 5.78. The molecule has 2 atom stereocenters. The van der Waals surface area contributed by atoms with Crippen molar-refractivity contribution in [2.75, 3.05) is 14.1 Å². The Hall–Kier alpha value is -1.00. The Morgan fingerprint density at radius 3 is 2.29 bits per heavy atom. The molecule has 2 N–H and O–H groups in total. The molecule has 2 nitrogen and oxygen atoms in total. The Morgan fingerprint density at radius 1 is 1.18 bits per heavy atom.